The summed E-state index contributed by atoms with van der Waals surface area (Å²) in [6.07, 6.45) is 3.68. The van der Waals surface area contributed by atoms with Crippen LogP contribution in [-0.2, 0) is 9.47 Å². The van der Waals surface area contributed by atoms with Gasteiger partial charge in [-0.25, -0.2) is 4.79 Å². The molecule has 0 heterocycles. The molecule has 1 fully saturated rings. The van der Waals surface area contributed by atoms with Crippen molar-refractivity contribution in [2.75, 3.05) is 6.61 Å². The molecule has 1 aliphatic rings. The van der Waals surface area contributed by atoms with E-state index in [9.17, 15) is 4.79 Å². The van der Waals surface area contributed by atoms with Crippen LogP contribution < -0.4 is 0 Å². The Bertz CT molecular complexity index is 227. The minimum Gasteiger partial charge on any atom is -0.435 e. The molecule has 0 spiro atoms. The fourth-order valence-electron chi connectivity index (χ4n) is 2.37. The molecule has 1 saturated carbocycles. The highest BCUT2D eigenvalue weighted by atomic mass is 16.7. The maximum absolute atomic E-state index is 11.3. The van der Waals surface area contributed by atoms with Gasteiger partial charge in [-0.05, 0) is 51.4 Å². The van der Waals surface area contributed by atoms with Crippen molar-refractivity contribution < 1.29 is 14.3 Å². The average molecular weight is 228 g/mol. The summed E-state index contributed by atoms with van der Waals surface area (Å²) in [6, 6.07) is 0. The molecule has 0 unspecified atom stereocenters. The van der Waals surface area contributed by atoms with E-state index in [-0.39, 0.29) is 5.60 Å². The Morgan fingerprint density at radius 1 is 1.38 bits per heavy atom. The molecule has 0 aromatic rings. The van der Waals surface area contributed by atoms with Crippen molar-refractivity contribution >= 4 is 6.16 Å². The normalized spacial score (nSPS) is 30.2. The number of ether oxygens (including phenoxy) is 2. The van der Waals surface area contributed by atoms with Crippen molar-refractivity contribution in [3.8, 4) is 0 Å². The monoisotopic (exact) mass is 228 g/mol. The average Bonchev–Trinajstić information content (AvgIpc) is 2.17. The summed E-state index contributed by atoms with van der Waals surface area (Å²) in [5.74, 6) is 1.51. The second-order valence-corrected chi connectivity index (χ2v) is 5.32. The minimum absolute atomic E-state index is 0.308. The van der Waals surface area contributed by atoms with Gasteiger partial charge in [0.2, 0.25) is 0 Å². The standard InChI is InChI=1S/C13H24O3/c1-5-15-12(14)16-13(4)8-6-11(7-9-13)10(2)3/h10-11H,5-9H2,1-4H3. The van der Waals surface area contributed by atoms with E-state index >= 15 is 0 Å². The summed E-state index contributed by atoms with van der Waals surface area (Å²) in [6.45, 7) is 8.71. The summed E-state index contributed by atoms with van der Waals surface area (Å²) >= 11 is 0. The van der Waals surface area contributed by atoms with Crippen molar-refractivity contribution in [1.29, 1.82) is 0 Å². The molecule has 0 saturated heterocycles. The summed E-state index contributed by atoms with van der Waals surface area (Å²) in [5, 5.41) is 0. The molecule has 3 nitrogen and oxygen atoms in total. The fourth-order valence-corrected chi connectivity index (χ4v) is 2.37. The van der Waals surface area contributed by atoms with E-state index in [0.29, 0.717) is 6.61 Å². The molecule has 94 valence electrons. The van der Waals surface area contributed by atoms with Gasteiger partial charge in [0.05, 0.1) is 6.61 Å². The third-order valence-electron chi connectivity index (χ3n) is 3.62. The molecule has 1 rings (SSSR count). The predicted molar refractivity (Wildman–Crippen MR) is 63.3 cm³/mol. The first-order valence-corrected chi connectivity index (χ1v) is 6.32. The Kier molecular flexibility index (Phi) is 4.63. The maximum atomic E-state index is 11.3. The van der Waals surface area contributed by atoms with Gasteiger partial charge < -0.3 is 9.47 Å². The van der Waals surface area contributed by atoms with Crippen LogP contribution >= 0.6 is 0 Å². The molecule has 3 heteroatoms. The van der Waals surface area contributed by atoms with Gasteiger partial charge in [0.15, 0.2) is 0 Å². The summed E-state index contributed by atoms with van der Waals surface area (Å²) in [4.78, 5) is 11.3. The number of carbonyl (C=O) groups is 1. The first kappa shape index (κ1) is 13.3. The van der Waals surface area contributed by atoms with Gasteiger partial charge in [-0.1, -0.05) is 13.8 Å². The van der Waals surface area contributed by atoms with E-state index in [4.69, 9.17) is 9.47 Å². The number of carbonyl (C=O) groups excluding carboxylic acids is 1. The van der Waals surface area contributed by atoms with E-state index in [1.807, 2.05) is 6.92 Å². The Morgan fingerprint density at radius 3 is 2.38 bits per heavy atom. The lowest BCUT2D eigenvalue weighted by molar-refractivity contribution is -0.0524. The van der Waals surface area contributed by atoms with Gasteiger partial charge >= 0.3 is 6.16 Å². The van der Waals surface area contributed by atoms with E-state index in [0.717, 1.165) is 37.5 Å². The molecule has 16 heavy (non-hydrogen) atoms. The third-order valence-corrected chi connectivity index (χ3v) is 3.62. The molecular weight excluding hydrogens is 204 g/mol. The lowest BCUT2D eigenvalue weighted by atomic mass is 9.75. The second kappa shape index (κ2) is 5.55. The number of hydrogen-bond acceptors (Lipinski definition) is 3. The van der Waals surface area contributed by atoms with Gasteiger partial charge in [0.1, 0.15) is 5.60 Å². The zero-order valence-corrected chi connectivity index (χ0v) is 10.9. The van der Waals surface area contributed by atoms with E-state index < -0.39 is 6.16 Å². The molecule has 0 aromatic carbocycles. The molecule has 0 amide bonds. The van der Waals surface area contributed by atoms with Crippen LogP contribution in [0.5, 0.6) is 0 Å². The SMILES string of the molecule is CCOC(=O)OC1(C)CCC(C(C)C)CC1. The highest BCUT2D eigenvalue weighted by Crippen LogP contribution is 2.37. The Morgan fingerprint density at radius 2 is 1.94 bits per heavy atom. The van der Waals surface area contributed by atoms with Gasteiger partial charge in [-0.3, -0.25) is 0 Å². The second-order valence-electron chi connectivity index (χ2n) is 5.32. The zero-order valence-electron chi connectivity index (χ0n) is 10.9. The van der Waals surface area contributed by atoms with E-state index in [1.165, 1.54) is 0 Å². The van der Waals surface area contributed by atoms with Crippen LogP contribution in [-0.4, -0.2) is 18.4 Å². The highest BCUT2D eigenvalue weighted by molar-refractivity contribution is 5.60. The molecule has 0 aliphatic heterocycles. The molecule has 0 bridgehead atoms. The van der Waals surface area contributed by atoms with Gasteiger partial charge in [-0.2, -0.15) is 0 Å². The third kappa shape index (κ3) is 3.69. The van der Waals surface area contributed by atoms with E-state index in [1.54, 1.807) is 6.92 Å². The quantitative estimate of drug-likeness (QED) is 0.690. The van der Waals surface area contributed by atoms with Crippen LogP contribution in [0.4, 0.5) is 4.79 Å². The van der Waals surface area contributed by atoms with Crippen LogP contribution in [0.15, 0.2) is 0 Å². The number of rotatable bonds is 3. The lowest BCUT2D eigenvalue weighted by Crippen LogP contribution is -2.37. The van der Waals surface area contributed by atoms with Crippen molar-refractivity contribution in [3.63, 3.8) is 0 Å². The van der Waals surface area contributed by atoms with Crippen molar-refractivity contribution in [1.82, 2.24) is 0 Å². The molecule has 0 aromatic heterocycles. The number of hydrogen-bond donors (Lipinski definition) is 0. The molecule has 0 radical (unpaired) electrons. The maximum Gasteiger partial charge on any atom is 0.508 e. The Labute approximate surface area is 98.5 Å². The lowest BCUT2D eigenvalue weighted by Gasteiger charge is -2.37. The Hall–Kier alpha value is -0.730. The minimum atomic E-state index is -0.520. The van der Waals surface area contributed by atoms with Crippen LogP contribution in [0.25, 0.3) is 0 Å². The topological polar surface area (TPSA) is 35.5 Å². The van der Waals surface area contributed by atoms with Gasteiger partial charge in [-0.15, -0.1) is 0 Å². The van der Waals surface area contributed by atoms with Crippen LogP contribution in [0.2, 0.25) is 0 Å². The van der Waals surface area contributed by atoms with Gasteiger partial charge in [0, 0.05) is 0 Å². The molecule has 0 N–H and O–H groups in total. The predicted octanol–water partition coefficient (Wildman–Crippen LogP) is 3.76. The molecule has 0 atom stereocenters. The summed E-state index contributed by atoms with van der Waals surface area (Å²) < 4.78 is 10.2. The van der Waals surface area contributed by atoms with Crippen molar-refractivity contribution in [2.24, 2.45) is 11.8 Å². The van der Waals surface area contributed by atoms with Crippen molar-refractivity contribution in [2.45, 2.75) is 59.0 Å². The highest BCUT2D eigenvalue weighted by Gasteiger charge is 2.35. The molecular formula is C13H24O3. The fraction of sp³-hybridized carbons (Fsp3) is 0.923. The van der Waals surface area contributed by atoms with Crippen molar-refractivity contribution in [3.05, 3.63) is 0 Å². The first-order chi connectivity index (χ1) is 7.47. The van der Waals surface area contributed by atoms with Crippen LogP contribution in [0.3, 0.4) is 0 Å². The summed E-state index contributed by atoms with van der Waals surface area (Å²) in [5.41, 5.74) is -0.308. The largest absolute Gasteiger partial charge is 0.508 e. The van der Waals surface area contributed by atoms with Crippen LogP contribution in [0.1, 0.15) is 53.4 Å². The smallest absolute Gasteiger partial charge is 0.435 e. The van der Waals surface area contributed by atoms with Crippen LogP contribution in [0, 0.1) is 11.8 Å². The Balaban J connectivity index is 2.40. The first-order valence-electron chi connectivity index (χ1n) is 6.32. The summed E-state index contributed by atoms with van der Waals surface area (Å²) in [7, 11) is 0. The van der Waals surface area contributed by atoms with E-state index in [2.05, 4.69) is 13.8 Å². The van der Waals surface area contributed by atoms with Gasteiger partial charge in [0.25, 0.3) is 0 Å². The molecule has 1 aliphatic carbocycles. The zero-order chi connectivity index (χ0) is 12.2.